The van der Waals surface area contributed by atoms with Gasteiger partial charge in [-0.15, -0.1) is 0 Å². The van der Waals surface area contributed by atoms with Gasteiger partial charge in [0, 0.05) is 10.7 Å². The number of rotatable bonds is 2. The molecule has 0 saturated carbocycles. The van der Waals surface area contributed by atoms with E-state index in [4.69, 9.17) is 0 Å². The van der Waals surface area contributed by atoms with Crippen molar-refractivity contribution in [2.75, 3.05) is 5.32 Å². The lowest BCUT2D eigenvalue weighted by molar-refractivity contribution is 0.102. The van der Waals surface area contributed by atoms with Crippen LogP contribution in [0.4, 0.5) is 10.2 Å². The number of aryl methyl sites for hydroxylation is 1. The first-order valence-electron chi connectivity index (χ1n) is 6.11. The van der Waals surface area contributed by atoms with Crippen LogP contribution < -0.4 is 5.32 Å². The second-order valence-corrected chi connectivity index (χ2v) is 5.41. The smallest absolute Gasteiger partial charge is 0.259 e. The molecule has 7 heteroatoms. The second-order valence-electron chi connectivity index (χ2n) is 4.50. The summed E-state index contributed by atoms with van der Waals surface area (Å²) in [5.41, 5.74) is 1.49. The van der Waals surface area contributed by atoms with Gasteiger partial charge in [0.25, 0.3) is 5.91 Å². The van der Waals surface area contributed by atoms with Crippen LogP contribution in [0.5, 0.6) is 0 Å². The Bertz CT molecular complexity index is 846. The Morgan fingerprint density at radius 1 is 1.38 bits per heavy atom. The maximum absolute atomic E-state index is 13.7. The van der Waals surface area contributed by atoms with Gasteiger partial charge in [-0.2, -0.15) is 0 Å². The molecule has 5 nitrogen and oxygen atoms in total. The summed E-state index contributed by atoms with van der Waals surface area (Å²) in [4.78, 5) is 20.4. The summed E-state index contributed by atoms with van der Waals surface area (Å²) in [7, 11) is 0. The summed E-state index contributed by atoms with van der Waals surface area (Å²) in [5, 5.41) is 2.57. The molecule has 0 radical (unpaired) electrons. The first-order valence-corrected chi connectivity index (χ1v) is 6.90. The molecule has 106 valence electrons. The maximum Gasteiger partial charge on any atom is 0.259 e. The summed E-state index contributed by atoms with van der Waals surface area (Å²) in [6.07, 6.45) is 4.98. The van der Waals surface area contributed by atoms with Gasteiger partial charge in [0.15, 0.2) is 5.65 Å². The fourth-order valence-electron chi connectivity index (χ4n) is 1.95. The third-order valence-electron chi connectivity index (χ3n) is 2.88. The summed E-state index contributed by atoms with van der Waals surface area (Å²) in [5.74, 6) is -0.822. The van der Waals surface area contributed by atoms with E-state index in [2.05, 4.69) is 31.2 Å². The number of anilines is 1. The van der Waals surface area contributed by atoms with Crippen LogP contribution in [0.15, 0.2) is 41.3 Å². The van der Waals surface area contributed by atoms with Crippen molar-refractivity contribution in [1.82, 2.24) is 14.4 Å². The van der Waals surface area contributed by atoms with Gasteiger partial charge in [-0.25, -0.2) is 14.4 Å². The number of carbonyl (C=O) groups is 1. The number of carbonyl (C=O) groups excluding carboxylic acids is 1. The quantitative estimate of drug-likeness (QED) is 0.773. The third kappa shape index (κ3) is 2.78. The van der Waals surface area contributed by atoms with Crippen molar-refractivity contribution in [3.05, 3.63) is 58.3 Å². The number of imidazole rings is 1. The molecule has 0 aliphatic carbocycles. The molecular weight excluding hydrogens is 339 g/mol. The predicted octanol–water partition coefficient (Wildman–Crippen LogP) is 3.19. The highest BCUT2D eigenvalue weighted by Gasteiger charge is 2.13. The molecule has 2 heterocycles. The number of hydrogen-bond acceptors (Lipinski definition) is 3. The van der Waals surface area contributed by atoms with Gasteiger partial charge in [0.2, 0.25) is 0 Å². The minimum atomic E-state index is -0.596. The minimum absolute atomic E-state index is 0.0399. The van der Waals surface area contributed by atoms with E-state index in [-0.39, 0.29) is 5.56 Å². The number of benzene rings is 1. The van der Waals surface area contributed by atoms with Crippen LogP contribution in [0.3, 0.4) is 0 Å². The van der Waals surface area contributed by atoms with E-state index < -0.39 is 11.7 Å². The van der Waals surface area contributed by atoms with E-state index in [1.165, 1.54) is 12.1 Å². The van der Waals surface area contributed by atoms with Crippen molar-refractivity contribution >= 4 is 33.3 Å². The fraction of sp³-hybridized carbons (Fsp3) is 0.0714. The SMILES string of the molecule is Cc1cn2cc(NC(=O)c3ccc(Br)cc3F)ncc2n1. The highest BCUT2D eigenvalue weighted by molar-refractivity contribution is 9.10. The molecule has 1 aromatic carbocycles. The monoisotopic (exact) mass is 348 g/mol. The number of nitrogens with one attached hydrogen (secondary N) is 1. The maximum atomic E-state index is 13.7. The van der Waals surface area contributed by atoms with E-state index in [9.17, 15) is 9.18 Å². The molecule has 0 fully saturated rings. The lowest BCUT2D eigenvalue weighted by Crippen LogP contribution is -2.15. The minimum Gasteiger partial charge on any atom is -0.305 e. The number of nitrogens with zero attached hydrogens (tertiary/aromatic N) is 3. The van der Waals surface area contributed by atoms with Crippen molar-refractivity contribution in [2.45, 2.75) is 6.92 Å². The van der Waals surface area contributed by atoms with Crippen molar-refractivity contribution in [2.24, 2.45) is 0 Å². The Morgan fingerprint density at radius 2 is 2.19 bits per heavy atom. The Labute approximate surface area is 128 Å². The lowest BCUT2D eigenvalue weighted by Gasteiger charge is -2.06. The van der Waals surface area contributed by atoms with Crippen LogP contribution in [0, 0.1) is 12.7 Å². The third-order valence-corrected chi connectivity index (χ3v) is 3.37. The largest absolute Gasteiger partial charge is 0.305 e. The van der Waals surface area contributed by atoms with E-state index in [0.29, 0.717) is 15.9 Å². The number of fused-ring (bicyclic) bond motifs is 1. The molecule has 3 rings (SSSR count). The summed E-state index contributed by atoms with van der Waals surface area (Å²) in [6, 6.07) is 4.26. The second kappa shape index (κ2) is 5.25. The highest BCUT2D eigenvalue weighted by Crippen LogP contribution is 2.16. The zero-order valence-electron chi connectivity index (χ0n) is 11.0. The molecule has 21 heavy (non-hydrogen) atoms. The highest BCUT2D eigenvalue weighted by atomic mass is 79.9. The van der Waals surface area contributed by atoms with E-state index in [1.54, 1.807) is 22.9 Å². The van der Waals surface area contributed by atoms with E-state index in [1.807, 2.05) is 13.1 Å². The Morgan fingerprint density at radius 3 is 2.95 bits per heavy atom. The number of halogens is 2. The van der Waals surface area contributed by atoms with Crippen LogP contribution in [0.25, 0.3) is 5.65 Å². The topological polar surface area (TPSA) is 59.3 Å². The predicted molar refractivity (Wildman–Crippen MR) is 79.8 cm³/mol. The molecule has 1 amide bonds. The van der Waals surface area contributed by atoms with Gasteiger partial charge < -0.3 is 9.72 Å². The van der Waals surface area contributed by atoms with E-state index in [0.717, 1.165) is 5.69 Å². The van der Waals surface area contributed by atoms with Crippen LogP contribution in [0.2, 0.25) is 0 Å². The zero-order valence-corrected chi connectivity index (χ0v) is 12.6. The molecule has 2 aromatic heterocycles. The Kier molecular flexibility index (Phi) is 3.42. The average molecular weight is 349 g/mol. The van der Waals surface area contributed by atoms with Crippen molar-refractivity contribution in [1.29, 1.82) is 0 Å². The van der Waals surface area contributed by atoms with Crippen LogP contribution in [-0.2, 0) is 0 Å². The fourth-order valence-corrected chi connectivity index (χ4v) is 2.28. The first kappa shape index (κ1) is 13.7. The summed E-state index contributed by atoms with van der Waals surface area (Å²) >= 11 is 3.15. The van der Waals surface area contributed by atoms with E-state index >= 15 is 0 Å². The molecular formula is C14H10BrFN4O. The number of amides is 1. The molecule has 0 atom stereocenters. The van der Waals surface area contributed by atoms with Gasteiger partial charge >= 0.3 is 0 Å². The average Bonchev–Trinajstić information content (AvgIpc) is 2.77. The van der Waals surface area contributed by atoms with Crippen LogP contribution in [0.1, 0.15) is 16.1 Å². The molecule has 0 spiro atoms. The molecule has 0 saturated heterocycles. The molecule has 0 aliphatic rings. The normalized spacial score (nSPS) is 10.8. The lowest BCUT2D eigenvalue weighted by atomic mass is 10.2. The molecule has 0 bridgehead atoms. The molecule has 0 aliphatic heterocycles. The van der Waals surface area contributed by atoms with Gasteiger partial charge in [-0.1, -0.05) is 15.9 Å². The van der Waals surface area contributed by atoms with Gasteiger partial charge in [0.1, 0.15) is 11.6 Å². The summed E-state index contributed by atoms with van der Waals surface area (Å²) in [6.45, 7) is 1.86. The van der Waals surface area contributed by atoms with Crippen LogP contribution >= 0.6 is 15.9 Å². The zero-order chi connectivity index (χ0) is 15.0. The van der Waals surface area contributed by atoms with Crippen LogP contribution in [-0.4, -0.2) is 20.3 Å². The van der Waals surface area contributed by atoms with Gasteiger partial charge in [-0.3, -0.25) is 4.79 Å². The number of aromatic nitrogens is 3. The Hall–Kier alpha value is -2.28. The van der Waals surface area contributed by atoms with Crippen molar-refractivity contribution in [3.8, 4) is 0 Å². The number of hydrogen-bond donors (Lipinski definition) is 1. The first-order chi connectivity index (χ1) is 10.0. The van der Waals surface area contributed by atoms with Crippen molar-refractivity contribution < 1.29 is 9.18 Å². The summed E-state index contributed by atoms with van der Waals surface area (Å²) < 4.78 is 16.1. The van der Waals surface area contributed by atoms with Gasteiger partial charge in [0.05, 0.1) is 23.7 Å². The Balaban J connectivity index is 1.88. The molecule has 1 N–H and O–H groups in total. The van der Waals surface area contributed by atoms with Gasteiger partial charge in [-0.05, 0) is 25.1 Å². The standard InChI is InChI=1S/C14H10BrFN4O/c1-8-6-20-7-12(17-5-13(20)18-8)19-14(21)10-3-2-9(15)4-11(10)16/h2-7H,1H3,(H,19,21). The van der Waals surface area contributed by atoms with Crippen molar-refractivity contribution in [3.63, 3.8) is 0 Å². The molecule has 0 unspecified atom stereocenters. The molecule has 3 aromatic rings.